The largest absolute Gasteiger partial charge is 0.393 e. The molecule has 3 fully saturated rings. The second kappa shape index (κ2) is 6.12. The highest BCUT2D eigenvalue weighted by Crippen LogP contribution is 2.67. The van der Waals surface area contributed by atoms with Gasteiger partial charge < -0.3 is 10.2 Å². The molecule has 0 aromatic rings. The third kappa shape index (κ3) is 2.49. The molecular weight excluding hydrogens is 340 g/mol. The zero-order chi connectivity index (χ0) is 19.7. The van der Waals surface area contributed by atoms with Gasteiger partial charge in [-0.05, 0) is 60.5 Å². The Kier molecular flexibility index (Phi) is 4.32. The number of fused-ring (bicyclic) bond motifs is 5. The fraction of sp³-hybridized carbons (Fsp3) is 0.739. The van der Waals surface area contributed by atoms with Crippen molar-refractivity contribution in [3.63, 3.8) is 0 Å². The van der Waals surface area contributed by atoms with Crippen molar-refractivity contribution in [2.24, 2.45) is 46.3 Å². The van der Waals surface area contributed by atoms with Crippen molar-refractivity contribution in [2.45, 2.75) is 53.1 Å². The number of hydrogen-bond acceptors (Lipinski definition) is 4. The zero-order valence-corrected chi connectivity index (χ0v) is 16.8. The summed E-state index contributed by atoms with van der Waals surface area (Å²) in [4.78, 5) is 24.5. The van der Waals surface area contributed by atoms with Gasteiger partial charge in [0.1, 0.15) is 6.61 Å². The Morgan fingerprint density at radius 1 is 1.26 bits per heavy atom. The average Bonchev–Trinajstić information content (AvgIpc) is 2.85. The lowest BCUT2D eigenvalue weighted by Gasteiger charge is -2.60. The van der Waals surface area contributed by atoms with Crippen LogP contribution in [0.4, 0.5) is 0 Å². The van der Waals surface area contributed by atoms with Gasteiger partial charge in [0, 0.05) is 17.3 Å². The maximum Gasteiger partial charge on any atom is 0.178 e. The molecule has 0 heterocycles. The van der Waals surface area contributed by atoms with Gasteiger partial charge in [-0.15, -0.1) is 0 Å². The first-order chi connectivity index (χ1) is 12.6. The smallest absolute Gasteiger partial charge is 0.178 e. The first kappa shape index (κ1) is 19.1. The molecule has 9 atom stereocenters. The molecule has 0 bridgehead atoms. The van der Waals surface area contributed by atoms with E-state index in [1.807, 2.05) is 6.08 Å². The monoisotopic (exact) mass is 372 g/mol. The summed E-state index contributed by atoms with van der Waals surface area (Å²) in [7, 11) is 0. The molecule has 4 heteroatoms. The highest BCUT2D eigenvalue weighted by molar-refractivity contribution is 6.01. The summed E-state index contributed by atoms with van der Waals surface area (Å²) in [6, 6.07) is 0. The molecule has 0 saturated heterocycles. The van der Waals surface area contributed by atoms with E-state index in [1.54, 1.807) is 12.2 Å². The number of hydrogen-bond donors (Lipinski definition) is 2. The van der Waals surface area contributed by atoms with Crippen LogP contribution in [0.1, 0.15) is 47.0 Å². The Hall–Kier alpha value is -1.26. The number of carbonyl (C=O) groups is 2. The molecule has 148 valence electrons. The van der Waals surface area contributed by atoms with Crippen LogP contribution in [0.2, 0.25) is 0 Å². The molecule has 27 heavy (non-hydrogen) atoms. The van der Waals surface area contributed by atoms with Crippen molar-refractivity contribution in [2.75, 3.05) is 6.61 Å². The Morgan fingerprint density at radius 3 is 2.63 bits per heavy atom. The molecule has 3 saturated carbocycles. The number of aliphatic hydroxyl groups excluding tert-OH is 2. The van der Waals surface area contributed by atoms with Crippen molar-refractivity contribution >= 4 is 11.6 Å². The van der Waals surface area contributed by atoms with Crippen molar-refractivity contribution < 1.29 is 19.8 Å². The van der Waals surface area contributed by atoms with Crippen LogP contribution in [-0.4, -0.2) is 34.5 Å². The molecule has 4 aliphatic carbocycles. The fourth-order valence-corrected chi connectivity index (χ4v) is 7.90. The van der Waals surface area contributed by atoms with Gasteiger partial charge >= 0.3 is 0 Å². The topological polar surface area (TPSA) is 74.6 Å². The number of aliphatic hydroxyl groups is 2. The van der Waals surface area contributed by atoms with E-state index >= 15 is 0 Å². The fourth-order valence-electron chi connectivity index (χ4n) is 7.90. The number of carbonyl (C=O) groups excluding carboxylic acids is 2. The predicted molar refractivity (Wildman–Crippen MR) is 103 cm³/mol. The minimum atomic E-state index is -0.505. The first-order valence-corrected chi connectivity index (χ1v) is 10.4. The molecule has 0 aromatic heterocycles. The maximum atomic E-state index is 12.6. The van der Waals surface area contributed by atoms with E-state index in [1.165, 1.54) is 0 Å². The van der Waals surface area contributed by atoms with E-state index in [9.17, 15) is 19.8 Å². The van der Waals surface area contributed by atoms with E-state index in [0.717, 1.165) is 18.4 Å². The number of allylic oxidation sites excluding steroid dienone is 4. The lowest BCUT2D eigenvalue weighted by Crippen LogP contribution is -2.57. The number of rotatable bonds is 2. The molecule has 4 rings (SSSR count). The molecule has 0 spiro atoms. The molecule has 0 aromatic carbocycles. The van der Waals surface area contributed by atoms with Crippen LogP contribution in [-0.2, 0) is 9.59 Å². The molecule has 0 unspecified atom stereocenters. The SMILES string of the molecule is C[C@H]1C[C@@H]2[C@H]([C@@H](O)C[C@@]3(C)[C@H]2C[C@H](C)[C@@H]3C(=O)CO)[C@@]2(C)C=CC(=O)C=C12. The second-order valence-electron chi connectivity index (χ2n) is 10.1. The van der Waals surface area contributed by atoms with E-state index in [4.69, 9.17) is 0 Å². The minimum absolute atomic E-state index is 0.0472. The predicted octanol–water partition coefficient (Wildman–Crippen LogP) is 2.93. The quantitative estimate of drug-likeness (QED) is 0.782. The van der Waals surface area contributed by atoms with Gasteiger partial charge in [0.15, 0.2) is 11.6 Å². The molecule has 4 aliphatic rings. The van der Waals surface area contributed by atoms with Crippen LogP contribution in [0.3, 0.4) is 0 Å². The Labute approximate surface area is 161 Å². The standard InChI is InChI=1S/C23H32O4/c1-12-7-15-17-8-13(2)20(19(27)11-24)23(17,4)10-18(26)21(15)22(3)6-5-14(25)9-16(12)22/h5-6,9,12-13,15,17-18,20-21,24,26H,7-8,10-11H2,1-4H3/t12-,13-,15-,17-,18-,20+,21+,22-,23-/m0/s1. The van der Waals surface area contributed by atoms with Gasteiger partial charge in [0.05, 0.1) is 6.10 Å². The summed E-state index contributed by atoms with van der Waals surface area (Å²) in [6.45, 7) is 8.25. The highest BCUT2D eigenvalue weighted by Gasteiger charge is 2.64. The number of Topliss-reactive ketones (excluding diaryl/α,β-unsaturated/α-hetero) is 1. The van der Waals surface area contributed by atoms with Crippen molar-refractivity contribution in [1.82, 2.24) is 0 Å². The Morgan fingerprint density at radius 2 is 1.96 bits per heavy atom. The normalized spacial score (nSPS) is 51.3. The van der Waals surface area contributed by atoms with Crippen LogP contribution in [0.15, 0.2) is 23.8 Å². The van der Waals surface area contributed by atoms with Gasteiger partial charge in [-0.1, -0.05) is 39.3 Å². The Bertz CT molecular complexity index is 737. The second-order valence-corrected chi connectivity index (χ2v) is 10.1. The first-order valence-electron chi connectivity index (χ1n) is 10.4. The van der Waals surface area contributed by atoms with E-state index in [0.29, 0.717) is 24.2 Å². The highest BCUT2D eigenvalue weighted by atomic mass is 16.3. The maximum absolute atomic E-state index is 12.6. The van der Waals surface area contributed by atoms with Gasteiger partial charge in [-0.25, -0.2) is 0 Å². The summed E-state index contributed by atoms with van der Waals surface area (Å²) >= 11 is 0. The molecule has 2 N–H and O–H groups in total. The molecule has 0 radical (unpaired) electrons. The van der Waals surface area contributed by atoms with Gasteiger partial charge in [0.25, 0.3) is 0 Å². The van der Waals surface area contributed by atoms with Crippen LogP contribution in [0.25, 0.3) is 0 Å². The lowest BCUT2D eigenvalue weighted by atomic mass is 9.45. The lowest BCUT2D eigenvalue weighted by molar-refractivity contribution is -0.144. The molecule has 0 amide bonds. The average molecular weight is 373 g/mol. The van der Waals surface area contributed by atoms with E-state index in [2.05, 4.69) is 27.7 Å². The summed E-state index contributed by atoms with van der Waals surface area (Å²) in [6.07, 6.45) is 7.50. The van der Waals surface area contributed by atoms with Crippen LogP contribution < -0.4 is 0 Å². The summed E-state index contributed by atoms with van der Waals surface area (Å²) in [5.74, 6) is 1.10. The molecule has 4 nitrogen and oxygen atoms in total. The zero-order valence-electron chi connectivity index (χ0n) is 16.8. The van der Waals surface area contributed by atoms with Gasteiger partial charge in [-0.3, -0.25) is 9.59 Å². The third-order valence-electron chi connectivity index (χ3n) is 8.66. The molecule has 0 aliphatic heterocycles. The van der Waals surface area contributed by atoms with Crippen LogP contribution >= 0.6 is 0 Å². The summed E-state index contributed by atoms with van der Waals surface area (Å²) < 4.78 is 0. The summed E-state index contributed by atoms with van der Waals surface area (Å²) in [5.41, 5.74) is 0.609. The number of ketones is 2. The van der Waals surface area contributed by atoms with Gasteiger partial charge in [0.2, 0.25) is 0 Å². The van der Waals surface area contributed by atoms with Crippen molar-refractivity contribution in [3.8, 4) is 0 Å². The third-order valence-corrected chi connectivity index (χ3v) is 8.66. The summed E-state index contributed by atoms with van der Waals surface area (Å²) in [5, 5.41) is 20.8. The van der Waals surface area contributed by atoms with Gasteiger partial charge in [-0.2, -0.15) is 0 Å². The van der Waals surface area contributed by atoms with Crippen molar-refractivity contribution in [3.05, 3.63) is 23.8 Å². The van der Waals surface area contributed by atoms with E-state index < -0.39 is 12.7 Å². The van der Waals surface area contributed by atoms with Crippen LogP contribution in [0.5, 0.6) is 0 Å². The minimum Gasteiger partial charge on any atom is -0.393 e. The van der Waals surface area contributed by atoms with Crippen molar-refractivity contribution in [1.29, 1.82) is 0 Å². The Balaban J connectivity index is 1.77. The van der Waals surface area contributed by atoms with E-state index in [-0.39, 0.29) is 40.2 Å². The van der Waals surface area contributed by atoms with Crippen LogP contribution in [0, 0.1) is 46.3 Å². The molecular formula is C23H32O4.